The van der Waals surface area contributed by atoms with Crippen LogP contribution in [0, 0.1) is 0 Å². The van der Waals surface area contributed by atoms with Crippen LogP contribution >= 0.6 is 0 Å². The average molecular weight is 274 g/mol. The van der Waals surface area contributed by atoms with E-state index in [0.717, 1.165) is 0 Å². The molecule has 0 saturated carbocycles. The molecule has 1 aliphatic rings. The first-order chi connectivity index (χ1) is 9.75. The lowest BCUT2D eigenvalue weighted by molar-refractivity contribution is 0.0302. The summed E-state index contributed by atoms with van der Waals surface area (Å²) >= 11 is 0. The summed E-state index contributed by atoms with van der Waals surface area (Å²) in [6, 6.07) is 4.80. The molecule has 3 rings (SSSR count). The Labute approximate surface area is 115 Å². The van der Waals surface area contributed by atoms with Gasteiger partial charge in [-0.2, -0.15) is 9.78 Å². The van der Waals surface area contributed by atoms with Gasteiger partial charge >= 0.3 is 0 Å². The van der Waals surface area contributed by atoms with E-state index in [4.69, 9.17) is 4.74 Å². The first-order valence-electron chi connectivity index (χ1n) is 6.32. The lowest BCUT2D eigenvalue weighted by atomic mass is 10.2. The summed E-state index contributed by atoms with van der Waals surface area (Å²) in [6.45, 7) is 2.33. The van der Waals surface area contributed by atoms with Gasteiger partial charge in [-0.05, 0) is 12.1 Å². The van der Waals surface area contributed by atoms with Crippen molar-refractivity contribution in [3.05, 3.63) is 36.2 Å². The first kappa shape index (κ1) is 12.6. The molecule has 7 heteroatoms. The van der Waals surface area contributed by atoms with Gasteiger partial charge in [-0.1, -0.05) is 0 Å². The van der Waals surface area contributed by atoms with Crippen LogP contribution in [0.4, 0.5) is 0 Å². The molecule has 2 aromatic rings. The van der Waals surface area contributed by atoms with Crippen LogP contribution in [0.2, 0.25) is 0 Å². The lowest BCUT2D eigenvalue weighted by Crippen LogP contribution is -2.40. The van der Waals surface area contributed by atoms with Crippen molar-refractivity contribution in [3.63, 3.8) is 0 Å². The van der Waals surface area contributed by atoms with Crippen LogP contribution in [0.3, 0.4) is 0 Å². The van der Waals surface area contributed by atoms with E-state index >= 15 is 0 Å². The van der Waals surface area contributed by atoms with Crippen molar-refractivity contribution < 1.29 is 14.6 Å². The van der Waals surface area contributed by atoms with E-state index in [1.54, 1.807) is 17.0 Å². The molecule has 0 radical (unpaired) electrons. The van der Waals surface area contributed by atoms with Gasteiger partial charge in [-0.15, -0.1) is 0 Å². The van der Waals surface area contributed by atoms with Gasteiger partial charge < -0.3 is 14.7 Å². The molecule has 20 heavy (non-hydrogen) atoms. The third-order valence-electron chi connectivity index (χ3n) is 3.13. The Bertz CT molecular complexity index is 602. The van der Waals surface area contributed by atoms with Crippen LogP contribution in [-0.2, 0) is 4.74 Å². The summed E-state index contributed by atoms with van der Waals surface area (Å²) in [4.78, 5) is 18.1. The molecule has 0 unspecified atom stereocenters. The zero-order valence-corrected chi connectivity index (χ0v) is 10.8. The number of rotatable bonds is 2. The minimum Gasteiger partial charge on any atom is -0.493 e. The van der Waals surface area contributed by atoms with Crippen molar-refractivity contribution >= 4 is 5.91 Å². The van der Waals surface area contributed by atoms with Crippen molar-refractivity contribution in [2.45, 2.75) is 0 Å². The Morgan fingerprint density at radius 3 is 2.65 bits per heavy atom. The number of ether oxygens (including phenoxy) is 1. The van der Waals surface area contributed by atoms with Crippen LogP contribution < -0.4 is 0 Å². The molecule has 104 valence electrons. The second kappa shape index (κ2) is 5.30. The molecule has 1 N–H and O–H groups in total. The van der Waals surface area contributed by atoms with Crippen LogP contribution in [-0.4, -0.2) is 57.0 Å². The van der Waals surface area contributed by atoms with Crippen LogP contribution in [0.25, 0.3) is 5.82 Å². The highest BCUT2D eigenvalue weighted by atomic mass is 16.5. The molecule has 0 bridgehead atoms. The van der Waals surface area contributed by atoms with Gasteiger partial charge in [0.15, 0.2) is 5.82 Å². The maximum absolute atomic E-state index is 12.2. The van der Waals surface area contributed by atoms with E-state index in [1.807, 2.05) is 0 Å². The number of nitrogens with zero attached hydrogens (tertiary/aromatic N) is 4. The summed E-state index contributed by atoms with van der Waals surface area (Å²) in [6.07, 6.45) is 2.97. The Morgan fingerprint density at radius 1 is 1.25 bits per heavy atom. The normalized spacial score (nSPS) is 15.3. The fourth-order valence-corrected chi connectivity index (χ4v) is 2.06. The van der Waals surface area contributed by atoms with Crippen LogP contribution in [0.5, 0.6) is 5.88 Å². The highest BCUT2D eigenvalue weighted by molar-refractivity contribution is 5.94. The minimum atomic E-state index is -0.0583. The maximum atomic E-state index is 12.2. The van der Waals surface area contributed by atoms with Crippen molar-refractivity contribution in [2.24, 2.45) is 0 Å². The van der Waals surface area contributed by atoms with E-state index in [1.165, 1.54) is 23.1 Å². The van der Waals surface area contributed by atoms with Crippen molar-refractivity contribution in [1.29, 1.82) is 0 Å². The monoisotopic (exact) mass is 274 g/mol. The number of morpholine rings is 1. The summed E-state index contributed by atoms with van der Waals surface area (Å²) in [5.41, 5.74) is 0.516. The zero-order valence-electron chi connectivity index (χ0n) is 10.8. The summed E-state index contributed by atoms with van der Waals surface area (Å²) in [5.74, 6) is 0.410. The molecule has 0 aromatic carbocycles. The highest BCUT2D eigenvalue weighted by Crippen LogP contribution is 2.14. The number of hydrogen-bond donors (Lipinski definition) is 1. The molecule has 3 heterocycles. The van der Waals surface area contributed by atoms with Crippen molar-refractivity contribution in [2.75, 3.05) is 26.3 Å². The number of amides is 1. The summed E-state index contributed by atoms with van der Waals surface area (Å²) < 4.78 is 6.51. The molecule has 0 atom stereocenters. The van der Waals surface area contributed by atoms with E-state index in [9.17, 15) is 9.90 Å². The molecular weight excluding hydrogens is 260 g/mol. The molecule has 2 aromatic heterocycles. The molecule has 1 amide bonds. The molecule has 1 saturated heterocycles. The number of aromatic nitrogens is 3. The number of carbonyl (C=O) groups is 1. The standard InChI is InChI=1S/C13H14N4O3/c18-12-3-4-15-17(12)11-2-1-10(9-14-11)13(19)16-5-7-20-8-6-16/h1-4,9,18H,5-8H2. The molecular formula is C13H14N4O3. The van der Waals surface area contributed by atoms with Crippen molar-refractivity contribution in [1.82, 2.24) is 19.7 Å². The smallest absolute Gasteiger partial charge is 0.255 e. The third kappa shape index (κ3) is 2.35. The number of carbonyl (C=O) groups excluding carboxylic acids is 1. The number of aromatic hydroxyl groups is 1. The Kier molecular flexibility index (Phi) is 3.34. The molecule has 0 aliphatic carbocycles. The lowest BCUT2D eigenvalue weighted by Gasteiger charge is -2.26. The van der Waals surface area contributed by atoms with Crippen LogP contribution in [0.15, 0.2) is 30.6 Å². The largest absolute Gasteiger partial charge is 0.493 e. The van der Waals surface area contributed by atoms with Gasteiger partial charge in [0.05, 0.1) is 25.0 Å². The zero-order chi connectivity index (χ0) is 13.9. The SMILES string of the molecule is O=C(c1ccc(-n2nccc2O)nc1)N1CCOCC1. The van der Waals surface area contributed by atoms with E-state index in [-0.39, 0.29) is 11.8 Å². The predicted octanol–water partition coefficient (Wildman–Crippen LogP) is 0.445. The van der Waals surface area contributed by atoms with Crippen molar-refractivity contribution in [3.8, 4) is 11.7 Å². The minimum absolute atomic E-state index is 0.00440. The van der Waals surface area contributed by atoms with Crippen LogP contribution in [0.1, 0.15) is 10.4 Å². The number of hydrogen-bond acceptors (Lipinski definition) is 5. The Balaban J connectivity index is 1.79. The highest BCUT2D eigenvalue weighted by Gasteiger charge is 2.18. The Morgan fingerprint density at radius 2 is 2.05 bits per heavy atom. The van der Waals surface area contributed by atoms with Gasteiger partial charge in [-0.3, -0.25) is 4.79 Å². The number of pyridine rings is 1. The van der Waals surface area contributed by atoms with Gasteiger partial charge in [0, 0.05) is 25.4 Å². The fraction of sp³-hybridized carbons (Fsp3) is 0.308. The van der Waals surface area contributed by atoms with E-state index in [0.29, 0.717) is 37.7 Å². The second-order valence-corrected chi connectivity index (χ2v) is 4.41. The molecule has 0 spiro atoms. The summed E-state index contributed by atoms with van der Waals surface area (Å²) in [5, 5.41) is 13.5. The average Bonchev–Trinajstić information content (AvgIpc) is 2.94. The van der Waals surface area contributed by atoms with Gasteiger partial charge in [0.25, 0.3) is 5.91 Å². The predicted molar refractivity (Wildman–Crippen MR) is 69.7 cm³/mol. The fourth-order valence-electron chi connectivity index (χ4n) is 2.06. The topological polar surface area (TPSA) is 80.5 Å². The first-order valence-corrected chi connectivity index (χ1v) is 6.32. The van der Waals surface area contributed by atoms with Gasteiger partial charge in [-0.25, -0.2) is 4.98 Å². The van der Waals surface area contributed by atoms with E-state index in [2.05, 4.69) is 10.1 Å². The Hall–Kier alpha value is -2.41. The molecule has 1 aliphatic heterocycles. The summed E-state index contributed by atoms with van der Waals surface area (Å²) in [7, 11) is 0. The van der Waals surface area contributed by atoms with Gasteiger partial charge in [0.2, 0.25) is 5.88 Å². The van der Waals surface area contributed by atoms with Gasteiger partial charge in [0.1, 0.15) is 0 Å². The van der Waals surface area contributed by atoms with E-state index < -0.39 is 0 Å². The molecule has 1 fully saturated rings. The molecule has 7 nitrogen and oxygen atoms in total. The quantitative estimate of drug-likeness (QED) is 0.859. The second-order valence-electron chi connectivity index (χ2n) is 4.41. The third-order valence-corrected chi connectivity index (χ3v) is 3.13. The maximum Gasteiger partial charge on any atom is 0.255 e.